The van der Waals surface area contributed by atoms with Crippen molar-refractivity contribution in [3.63, 3.8) is 0 Å². The fourth-order valence-corrected chi connectivity index (χ4v) is 1.59. The molecule has 0 fully saturated rings. The van der Waals surface area contributed by atoms with E-state index in [0.717, 1.165) is 5.56 Å². The lowest BCUT2D eigenvalue weighted by atomic mass is 10.2. The maximum atomic E-state index is 11.7. The number of methoxy groups -OCH3 is 1. The fourth-order valence-electron chi connectivity index (χ4n) is 1.59. The molecule has 1 aromatic carbocycles. The van der Waals surface area contributed by atoms with Gasteiger partial charge in [-0.15, -0.1) is 0 Å². The van der Waals surface area contributed by atoms with E-state index in [1.165, 1.54) is 14.0 Å². The molecule has 1 rings (SSSR count). The molecule has 0 aliphatic heterocycles. The Morgan fingerprint density at radius 2 is 2.00 bits per heavy atom. The number of anilines is 1. The van der Waals surface area contributed by atoms with Crippen LogP contribution in [0.2, 0.25) is 0 Å². The van der Waals surface area contributed by atoms with E-state index in [2.05, 4.69) is 10.6 Å². The summed E-state index contributed by atoms with van der Waals surface area (Å²) in [5, 5.41) is 22.9. The first-order valence-corrected chi connectivity index (χ1v) is 5.98. The molecule has 0 radical (unpaired) electrons. The molecule has 0 bridgehead atoms. The number of carbonyl (C=O) groups excluding carboxylic acids is 1. The Morgan fingerprint density at radius 3 is 2.45 bits per heavy atom. The average molecular weight is 282 g/mol. The second kappa shape index (κ2) is 6.76. The molecule has 0 spiro atoms. The quantitative estimate of drug-likeness (QED) is 0.643. The monoisotopic (exact) mass is 282 g/mol. The zero-order chi connectivity index (χ0) is 15.3. The number of amides is 2. The van der Waals surface area contributed by atoms with Gasteiger partial charge in [0, 0.05) is 5.69 Å². The summed E-state index contributed by atoms with van der Waals surface area (Å²) in [5.74, 6) is -0.651. The molecule has 2 amide bonds. The molecule has 0 heterocycles. The number of ether oxygens (including phenoxy) is 1. The Labute approximate surface area is 116 Å². The molecule has 1 aromatic rings. The molecule has 20 heavy (non-hydrogen) atoms. The molecule has 7 nitrogen and oxygen atoms in total. The summed E-state index contributed by atoms with van der Waals surface area (Å²) in [6.45, 7) is 3.07. The summed E-state index contributed by atoms with van der Waals surface area (Å²) >= 11 is 0. The lowest BCUT2D eigenvalue weighted by Gasteiger charge is -2.18. The number of nitrogens with one attached hydrogen (secondary N) is 2. The van der Waals surface area contributed by atoms with Crippen LogP contribution in [0.25, 0.3) is 0 Å². The first-order valence-electron chi connectivity index (χ1n) is 5.98. The van der Waals surface area contributed by atoms with Gasteiger partial charge in [0.15, 0.2) is 6.04 Å². The van der Waals surface area contributed by atoms with Crippen molar-refractivity contribution in [2.24, 2.45) is 0 Å². The van der Waals surface area contributed by atoms with Crippen LogP contribution >= 0.6 is 0 Å². The highest BCUT2D eigenvalue weighted by atomic mass is 16.5. The second-order valence-electron chi connectivity index (χ2n) is 4.34. The number of carboxylic acid groups (broad SMARTS) is 1. The van der Waals surface area contributed by atoms with Crippen LogP contribution in [0.4, 0.5) is 10.5 Å². The predicted octanol–water partition coefficient (Wildman–Crippen LogP) is 0.959. The SMILES string of the molecule is COc1ccc(NC(=O)NC(C(=O)O)C(C)O)c(C)c1. The number of carboxylic acids is 1. The maximum absolute atomic E-state index is 11.7. The number of rotatable bonds is 5. The number of hydrogen-bond acceptors (Lipinski definition) is 4. The minimum atomic E-state index is -1.37. The third-order valence-corrected chi connectivity index (χ3v) is 2.72. The van der Waals surface area contributed by atoms with Gasteiger partial charge in [0.25, 0.3) is 0 Å². The number of carbonyl (C=O) groups is 2. The van der Waals surface area contributed by atoms with E-state index in [9.17, 15) is 14.7 Å². The predicted molar refractivity (Wildman–Crippen MR) is 73.0 cm³/mol. The number of benzene rings is 1. The van der Waals surface area contributed by atoms with Crippen molar-refractivity contribution in [3.8, 4) is 5.75 Å². The Balaban J connectivity index is 2.73. The van der Waals surface area contributed by atoms with Crippen molar-refractivity contribution < 1.29 is 24.5 Å². The van der Waals surface area contributed by atoms with Crippen LogP contribution in [0, 0.1) is 6.92 Å². The topological polar surface area (TPSA) is 108 Å². The number of hydrogen-bond donors (Lipinski definition) is 4. The van der Waals surface area contributed by atoms with Gasteiger partial charge in [-0.05, 0) is 37.6 Å². The van der Waals surface area contributed by atoms with Gasteiger partial charge in [-0.1, -0.05) is 0 Å². The molecular formula is C13H18N2O5. The van der Waals surface area contributed by atoms with E-state index in [-0.39, 0.29) is 0 Å². The highest BCUT2D eigenvalue weighted by molar-refractivity contribution is 5.93. The lowest BCUT2D eigenvalue weighted by molar-refractivity contribution is -0.141. The van der Waals surface area contributed by atoms with E-state index in [0.29, 0.717) is 11.4 Å². The van der Waals surface area contributed by atoms with Crippen LogP contribution in [0.3, 0.4) is 0 Å². The first kappa shape index (κ1) is 15.8. The number of urea groups is 1. The van der Waals surface area contributed by atoms with Crippen molar-refractivity contribution >= 4 is 17.7 Å². The smallest absolute Gasteiger partial charge is 0.328 e. The second-order valence-corrected chi connectivity index (χ2v) is 4.34. The van der Waals surface area contributed by atoms with Crippen LogP contribution in [-0.4, -0.2) is 41.5 Å². The van der Waals surface area contributed by atoms with Crippen LogP contribution in [0.15, 0.2) is 18.2 Å². The van der Waals surface area contributed by atoms with Gasteiger partial charge in [-0.25, -0.2) is 9.59 Å². The van der Waals surface area contributed by atoms with Gasteiger partial charge in [-0.3, -0.25) is 0 Å². The average Bonchev–Trinajstić information content (AvgIpc) is 2.37. The minimum Gasteiger partial charge on any atom is -0.497 e. The van der Waals surface area contributed by atoms with Gasteiger partial charge in [0.05, 0.1) is 13.2 Å². The van der Waals surface area contributed by atoms with Gasteiger partial charge in [0.1, 0.15) is 5.75 Å². The van der Waals surface area contributed by atoms with Gasteiger partial charge >= 0.3 is 12.0 Å². The summed E-state index contributed by atoms with van der Waals surface area (Å²) in [6, 6.07) is 2.98. The lowest BCUT2D eigenvalue weighted by Crippen LogP contribution is -2.49. The molecule has 2 unspecified atom stereocenters. The Hall–Kier alpha value is -2.28. The molecule has 4 N–H and O–H groups in total. The van der Waals surface area contributed by atoms with Crippen molar-refractivity contribution in [1.82, 2.24) is 5.32 Å². The largest absolute Gasteiger partial charge is 0.497 e. The molecule has 0 aromatic heterocycles. The van der Waals surface area contributed by atoms with Crippen LogP contribution in [-0.2, 0) is 4.79 Å². The Kier molecular flexibility index (Phi) is 5.33. The minimum absolute atomic E-state index is 0.526. The number of aliphatic hydroxyl groups is 1. The van der Waals surface area contributed by atoms with Gasteiger partial charge < -0.3 is 25.6 Å². The van der Waals surface area contributed by atoms with Crippen LogP contribution in [0.5, 0.6) is 5.75 Å². The van der Waals surface area contributed by atoms with Crippen molar-refractivity contribution in [2.75, 3.05) is 12.4 Å². The van der Waals surface area contributed by atoms with E-state index in [4.69, 9.17) is 9.84 Å². The summed E-state index contributed by atoms with van der Waals surface area (Å²) < 4.78 is 5.04. The number of aliphatic hydroxyl groups excluding tert-OH is 1. The van der Waals surface area contributed by atoms with Crippen molar-refractivity contribution in [1.29, 1.82) is 0 Å². The summed E-state index contributed by atoms with van der Waals surface area (Å²) in [6.07, 6.45) is -1.20. The summed E-state index contributed by atoms with van der Waals surface area (Å²) in [7, 11) is 1.54. The van der Waals surface area contributed by atoms with Crippen LogP contribution in [0.1, 0.15) is 12.5 Å². The van der Waals surface area contributed by atoms with Crippen molar-refractivity contribution in [3.05, 3.63) is 23.8 Å². The number of aliphatic carboxylic acids is 1. The van der Waals surface area contributed by atoms with E-state index in [1.54, 1.807) is 25.1 Å². The normalized spacial score (nSPS) is 13.2. The number of aryl methyl sites for hydroxylation is 1. The molecular weight excluding hydrogens is 264 g/mol. The molecule has 7 heteroatoms. The van der Waals surface area contributed by atoms with E-state index < -0.39 is 24.1 Å². The summed E-state index contributed by atoms with van der Waals surface area (Å²) in [4.78, 5) is 22.6. The Morgan fingerprint density at radius 1 is 1.35 bits per heavy atom. The van der Waals surface area contributed by atoms with E-state index >= 15 is 0 Å². The molecule has 0 saturated heterocycles. The van der Waals surface area contributed by atoms with E-state index in [1.807, 2.05) is 0 Å². The molecule has 0 aliphatic rings. The van der Waals surface area contributed by atoms with Gasteiger partial charge in [-0.2, -0.15) is 0 Å². The molecule has 2 atom stereocenters. The van der Waals surface area contributed by atoms with Crippen LogP contribution < -0.4 is 15.4 Å². The molecule has 0 saturated carbocycles. The zero-order valence-electron chi connectivity index (χ0n) is 11.5. The fraction of sp³-hybridized carbons (Fsp3) is 0.385. The molecule has 0 aliphatic carbocycles. The third-order valence-electron chi connectivity index (χ3n) is 2.72. The third kappa shape index (κ3) is 4.13. The summed E-state index contributed by atoms with van der Waals surface area (Å²) in [5.41, 5.74) is 1.29. The van der Waals surface area contributed by atoms with Crippen molar-refractivity contribution in [2.45, 2.75) is 26.0 Å². The van der Waals surface area contributed by atoms with Gasteiger partial charge in [0.2, 0.25) is 0 Å². The molecule has 110 valence electrons. The standard InChI is InChI=1S/C13H18N2O5/c1-7-6-9(20-3)4-5-10(7)14-13(19)15-11(8(2)16)12(17)18/h4-6,8,11,16H,1-3H3,(H,17,18)(H2,14,15,19). The highest BCUT2D eigenvalue weighted by Gasteiger charge is 2.25. The maximum Gasteiger partial charge on any atom is 0.328 e. The first-order chi connectivity index (χ1) is 9.35. The highest BCUT2D eigenvalue weighted by Crippen LogP contribution is 2.20. The Bertz CT molecular complexity index is 502. The zero-order valence-corrected chi connectivity index (χ0v) is 11.5.